The summed E-state index contributed by atoms with van der Waals surface area (Å²) in [6, 6.07) is 0.566. The van der Waals surface area contributed by atoms with E-state index in [4.69, 9.17) is 4.74 Å². The highest BCUT2D eigenvalue weighted by Crippen LogP contribution is 2.27. The average molecular weight is 256 g/mol. The lowest BCUT2D eigenvalue weighted by atomic mass is 9.84. The first-order valence-electron chi connectivity index (χ1n) is 7.22. The van der Waals surface area contributed by atoms with Crippen molar-refractivity contribution in [3.63, 3.8) is 0 Å². The second kappa shape index (κ2) is 5.87. The van der Waals surface area contributed by atoms with E-state index in [2.05, 4.69) is 10.2 Å². The molecule has 18 heavy (non-hydrogen) atoms. The lowest BCUT2D eigenvalue weighted by Gasteiger charge is -2.45. The van der Waals surface area contributed by atoms with Crippen molar-refractivity contribution in [1.29, 1.82) is 0 Å². The Bertz CT molecular complexity index is 257. The molecule has 0 aromatic carbocycles. The van der Waals surface area contributed by atoms with E-state index in [0.717, 1.165) is 12.5 Å². The zero-order valence-electron chi connectivity index (χ0n) is 12.0. The lowest BCUT2D eigenvalue weighted by Crippen LogP contribution is -2.57. The smallest absolute Gasteiger partial charge is 0.0898 e. The molecular formula is C14H28N2O2. The van der Waals surface area contributed by atoms with Gasteiger partial charge in [-0.15, -0.1) is 0 Å². The van der Waals surface area contributed by atoms with Crippen LogP contribution in [0.3, 0.4) is 0 Å². The van der Waals surface area contributed by atoms with Gasteiger partial charge in [-0.25, -0.2) is 0 Å². The minimum Gasteiger partial charge on any atom is -0.389 e. The fourth-order valence-electron chi connectivity index (χ4n) is 2.89. The summed E-state index contributed by atoms with van der Waals surface area (Å²) in [5.74, 6) is 0.811. The Morgan fingerprint density at radius 1 is 1.33 bits per heavy atom. The topological polar surface area (TPSA) is 44.7 Å². The number of piperidine rings is 3. The SMILES string of the molecule is CC(C)(C)OCC(O)CNC1CN2CCC1CC2. The van der Waals surface area contributed by atoms with Crippen LogP contribution in [0.15, 0.2) is 0 Å². The maximum Gasteiger partial charge on any atom is 0.0898 e. The van der Waals surface area contributed by atoms with Crippen LogP contribution in [0.4, 0.5) is 0 Å². The van der Waals surface area contributed by atoms with Gasteiger partial charge >= 0.3 is 0 Å². The zero-order valence-corrected chi connectivity index (χ0v) is 12.0. The highest BCUT2D eigenvalue weighted by Gasteiger charge is 2.33. The van der Waals surface area contributed by atoms with Crippen molar-refractivity contribution in [2.75, 3.05) is 32.8 Å². The van der Waals surface area contributed by atoms with Gasteiger partial charge in [-0.05, 0) is 52.6 Å². The molecule has 3 aliphatic heterocycles. The molecule has 2 atom stereocenters. The first-order chi connectivity index (χ1) is 8.44. The number of nitrogens with one attached hydrogen (secondary N) is 1. The quantitative estimate of drug-likeness (QED) is 0.765. The van der Waals surface area contributed by atoms with Crippen LogP contribution in [-0.4, -0.2) is 60.5 Å². The Balaban J connectivity index is 1.65. The Morgan fingerprint density at radius 3 is 2.50 bits per heavy atom. The van der Waals surface area contributed by atoms with Crippen molar-refractivity contribution in [3.05, 3.63) is 0 Å². The summed E-state index contributed by atoms with van der Waals surface area (Å²) in [5, 5.41) is 13.4. The van der Waals surface area contributed by atoms with Crippen LogP contribution in [0.1, 0.15) is 33.6 Å². The van der Waals surface area contributed by atoms with Gasteiger partial charge in [-0.3, -0.25) is 0 Å². The molecule has 0 aliphatic carbocycles. The number of hydrogen-bond acceptors (Lipinski definition) is 4. The van der Waals surface area contributed by atoms with Crippen molar-refractivity contribution >= 4 is 0 Å². The molecular weight excluding hydrogens is 228 g/mol. The number of fused-ring (bicyclic) bond motifs is 3. The van der Waals surface area contributed by atoms with Gasteiger partial charge < -0.3 is 20.1 Å². The third kappa shape index (κ3) is 4.19. The summed E-state index contributed by atoms with van der Waals surface area (Å²) in [5.41, 5.74) is -0.170. The van der Waals surface area contributed by atoms with Gasteiger partial charge in [-0.1, -0.05) is 0 Å². The molecule has 4 nitrogen and oxygen atoms in total. The van der Waals surface area contributed by atoms with Gasteiger partial charge in [0, 0.05) is 19.1 Å². The highest BCUT2D eigenvalue weighted by atomic mass is 16.5. The molecule has 3 heterocycles. The number of nitrogens with zero attached hydrogens (tertiary/aromatic N) is 1. The standard InChI is InChI=1S/C14H28N2O2/c1-14(2,3)18-10-12(17)8-15-13-9-16-6-4-11(13)5-7-16/h11-13,15,17H,4-10H2,1-3H3. The summed E-state index contributed by atoms with van der Waals surface area (Å²) in [6.45, 7) is 10.8. The molecule has 0 aromatic rings. The van der Waals surface area contributed by atoms with Crippen molar-refractivity contribution < 1.29 is 9.84 Å². The van der Waals surface area contributed by atoms with E-state index in [1.807, 2.05) is 20.8 Å². The number of rotatable bonds is 5. The maximum absolute atomic E-state index is 9.91. The molecule has 2 unspecified atom stereocenters. The normalized spacial score (nSPS) is 33.7. The third-order valence-corrected chi connectivity index (χ3v) is 3.98. The van der Waals surface area contributed by atoms with E-state index in [-0.39, 0.29) is 5.60 Å². The molecule has 106 valence electrons. The number of aliphatic hydroxyl groups excluding tert-OH is 1. The van der Waals surface area contributed by atoms with Crippen molar-refractivity contribution in [2.24, 2.45) is 5.92 Å². The molecule has 3 rings (SSSR count). The average Bonchev–Trinajstić information content (AvgIpc) is 2.34. The van der Waals surface area contributed by atoms with Gasteiger partial charge in [0.15, 0.2) is 0 Å². The zero-order chi connectivity index (χ0) is 13.2. The van der Waals surface area contributed by atoms with Gasteiger partial charge in [-0.2, -0.15) is 0 Å². The van der Waals surface area contributed by atoms with E-state index in [9.17, 15) is 5.11 Å². The maximum atomic E-state index is 9.91. The number of ether oxygens (including phenoxy) is 1. The van der Waals surface area contributed by atoms with E-state index >= 15 is 0 Å². The summed E-state index contributed by atoms with van der Waals surface area (Å²) >= 11 is 0. The van der Waals surface area contributed by atoms with Crippen LogP contribution in [0.2, 0.25) is 0 Å². The summed E-state index contributed by atoms with van der Waals surface area (Å²) in [4.78, 5) is 2.52. The molecule has 0 amide bonds. The molecule has 4 heteroatoms. The van der Waals surface area contributed by atoms with E-state index in [0.29, 0.717) is 19.2 Å². The molecule has 2 bridgehead atoms. The van der Waals surface area contributed by atoms with Gasteiger partial charge in [0.2, 0.25) is 0 Å². The molecule has 3 saturated heterocycles. The fraction of sp³-hybridized carbons (Fsp3) is 1.00. The number of aliphatic hydroxyl groups is 1. The first-order valence-corrected chi connectivity index (χ1v) is 7.22. The fourth-order valence-corrected chi connectivity index (χ4v) is 2.89. The van der Waals surface area contributed by atoms with E-state index in [1.54, 1.807) is 0 Å². The predicted molar refractivity (Wildman–Crippen MR) is 72.7 cm³/mol. The van der Waals surface area contributed by atoms with Gasteiger partial charge in [0.1, 0.15) is 0 Å². The molecule has 2 N–H and O–H groups in total. The number of hydrogen-bond donors (Lipinski definition) is 2. The largest absolute Gasteiger partial charge is 0.389 e. The highest BCUT2D eigenvalue weighted by molar-refractivity contribution is 4.91. The van der Waals surface area contributed by atoms with Crippen molar-refractivity contribution in [2.45, 2.75) is 51.4 Å². The van der Waals surface area contributed by atoms with E-state index in [1.165, 1.54) is 25.9 Å². The van der Waals surface area contributed by atoms with Crippen molar-refractivity contribution in [3.8, 4) is 0 Å². The second-order valence-corrected chi connectivity index (χ2v) is 6.73. The Morgan fingerprint density at radius 2 is 2.00 bits per heavy atom. The van der Waals surface area contributed by atoms with Crippen LogP contribution >= 0.6 is 0 Å². The molecule has 0 aromatic heterocycles. The van der Waals surface area contributed by atoms with Crippen LogP contribution in [-0.2, 0) is 4.74 Å². The molecule has 3 aliphatic rings. The Hall–Kier alpha value is -0.160. The summed E-state index contributed by atoms with van der Waals surface area (Å²) < 4.78 is 5.59. The molecule has 0 saturated carbocycles. The van der Waals surface area contributed by atoms with Crippen LogP contribution in [0.25, 0.3) is 0 Å². The summed E-state index contributed by atoms with van der Waals surface area (Å²) in [7, 11) is 0. The minimum absolute atomic E-state index is 0.170. The van der Waals surface area contributed by atoms with Crippen LogP contribution < -0.4 is 5.32 Å². The van der Waals surface area contributed by atoms with Gasteiger partial charge in [0.05, 0.1) is 18.3 Å². The van der Waals surface area contributed by atoms with E-state index < -0.39 is 6.10 Å². The molecule has 0 spiro atoms. The van der Waals surface area contributed by atoms with Crippen LogP contribution in [0, 0.1) is 5.92 Å². The first kappa shape index (κ1) is 14.3. The third-order valence-electron chi connectivity index (χ3n) is 3.98. The minimum atomic E-state index is -0.403. The monoisotopic (exact) mass is 256 g/mol. The lowest BCUT2D eigenvalue weighted by molar-refractivity contribution is -0.0500. The Labute approximate surface area is 111 Å². The Kier molecular flexibility index (Phi) is 4.64. The van der Waals surface area contributed by atoms with Crippen molar-refractivity contribution in [1.82, 2.24) is 10.2 Å². The predicted octanol–water partition coefficient (Wildman–Crippen LogP) is 0.846. The van der Waals surface area contributed by atoms with Gasteiger partial charge in [0.25, 0.3) is 0 Å². The van der Waals surface area contributed by atoms with Crippen LogP contribution in [0.5, 0.6) is 0 Å². The molecule has 0 radical (unpaired) electrons. The summed E-state index contributed by atoms with van der Waals surface area (Å²) in [6.07, 6.45) is 2.22. The molecule has 3 fully saturated rings. The second-order valence-electron chi connectivity index (χ2n) is 6.73.